The Labute approximate surface area is 124 Å². The van der Waals surface area contributed by atoms with Crippen LogP contribution in [-0.4, -0.2) is 11.1 Å². The van der Waals surface area contributed by atoms with E-state index in [-0.39, 0.29) is 5.82 Å². The molecule has 0 saturated heterocycles. The zero-order valence-corrected chi connectivity index (χ0v) is 12.1. The van der Waals surface area contributed by atoms with Crippen molar-refractivity contribution < 1.29 is 4.39 Å². The summed E-state index contributed by atoms with van der Waals surface area (Å²) in [6.45, 7) is 4.72. The number of rotatable bonds is 5. The van der Waals surface area contributed by atoms with Crippen molar-refractivity contribution in [3.05, 3.63) is 71.7 Å². The summed E-state index contributed by atoms with van der Waals surface area (Å²) in [6.07, 6.45) is 2.09. The van der Waals surface area contributed by atoms with Gasteiger partial charge in [0.05, 0.1) is 0 Å². The molecule has 0 bridgehead atoms. The van der Waals surface area contributed by atoms with E-state index in [9.17, 15) is 4.39 Å². The Morgan fingerprint density at radius 3 is 2.52 bits per heavy atom. The van der Waals surface area contributed by atoms with Crippen LogP contribution in [0.3, 0.4) is 0 Å². The number of hydrogen-bond donors (Lipinski definition) is 1. The summed E-state index contributed by atoms with van der Waals surface area (Å²) in [5, 5.41) is 4.58. The Bertz CT molecular complexity index is 729. The second-order valence-electron chi connectivity index (χ2n) is 5.24. The van der Waals surface area contributed by atoms with Gasteiger partial charge in [0.1, 0.15) is 5.82 Å². The topological polar surface area (TPSA) is 17.0 Å². The third-order valence-corrected chi connectivity index (χ3v) is 3.68. The molecule has 0 fully saturated rings. The molecule has 3 heteroatoms. The smallest absolute Gasteiger partial charge is 0.123 e. The second kappa shape index (κ2) is 6.10. The molecule has 3 aromatic rings. The van der Waals surface area contributed by atoms with Gasteiger partial charge in [0.25, 0.3) is 0 Å². The van der Waals surface area contributed by atoms with Crippen molar-refractivity contribution in [2.45, 2.75) is 20.0 Å². The van der Waals surface area contributed by atoms with Crippen molar-refractivity contribution in [1.82, 2.24) is 9.88 Å². The molecule has 3 rings (SSSR count). The first-order chi connectivity index (χ1) is 10.3. The fourth-order valence-corrected chi connectivity index (χ4v) is 2.53. The zero-order valence-electron chi connectivity index (χ0n) is 12.1. The maximum absolute atomic E-state index is 13.0. The summed E-state index contributed by atoms with van der Waals surface area (Å²) in [4.78, 5) is 0. The molecule has 1 heterocycles. The number of nitrogens with zero attached hydrogens (tertiary/aromatic N) is 1. The third kappa shape index (κ3) is 3.14. The monoisotopic (exact) mass is 282 g/mol. The van der Waals surface area contributed by atoms with Crippen LogP contribution in [0.25, 0.3) is 10.9 Å². The molecule has 0 amide bonds. The van der Waals surface area contributed by atoms with E-state index in [2.05, 4.69) is 47.3 Å². The summed E-state index contributed by atoms with van der Waals surface area (Å²) < 4.78 is 15.2. The first-order valence-corrected chi connectivity index (χ1v) is 7.29. The molecule has 0 spiro atoms. The fraction of sp³-hybridized carbons (Fsp3) is 0.222. The van der Waals surface area contributed by atoms with Crippen LogP contribution in [0.1, 0.15) is 18.1 Å². The Balaban J connectivity index is 1.89. The summed E-state index contributed by atoms with van der Waals surface area (Å²) in [5.41, 5.74) is 3.60. The van der Waals surface area contributed by atoms with Gasteiger partial charge in [0, 0.05) is 24.8 Å². The SMILES string of the molecule is CCNCc1ccc2ccn(Cc3ccc(F)cc3)c2c1. The van der Waals surface area contributed by atoms with Crippen molar-refractivity contribution in [3.8, 4) is 0 Å². The van der Waals surface area contributed by atoms with Crippen molar-refractivity contribution in [2.24, 2.45) is 0 Å². The molecule has 0 unspecified atom stereocenters. The van der Waals surface area contributed by atoms with Gasteiger partial charge in [-0.3, -0.25) is 0 Å². The predicted molar refractivity (Wildman–Crippen MR) is 84.8 cm³/mol. The first-order valence-electron chi connectivity index (χ1n) is 7.29. The van der Waals surface area contributed by atoms with Gasteiger partial charge < -0.3 is 9.88 Å². The van der Waals surface area contributed by atoms with E-state index >= 15 is 0 Å². The van der Waals surface area contributed by atoms with Crippen LogP contribution in [0, 0.1) is 5.82 Å². The Hall–Kier alpha value is -2.13. The number of halogens is 1. The van der Waals surface area contributed by atoms with Gasteiger partial charge in [0.15, 0.2) is 0 Å². The van der Waals surface area contributed by atoms with Crippen molar-refractivity contribution in [1.29, 1.82) is 0 Å². The Morgan fingerprint density at radius 1 is 1.00 bits per heavy atom. The van der Waals surface area contributed by atoms with Gasteiger partial charge in [-0.2, -0.15) is 0 Å². The highest BCUT2D eigenvalue weighted by atomic mass is 19.1. The summed E-state index contributed by atoms with van der Waals surface area (Å²) in [5.74, 6) is -0.191. The predicted octanol–water partition coefficient (Wildman–Crippen LogP) is 3.94. The lowest BCUT2D eigenvalue weighted by molar-refractivity contribution is 0.626. The molecule has 0 aliphatic carbocycles. The van der Waals surface area contributed by atoms with E-state index < -0.39 is 0 Å². The van der Waals surface area contributed by atoms with Crippen molar-refractivity contribution in [3.63, 3.8) is 0 Å². The maximum Gasteiger partial charge on any atom is 0.123 e. The molecule has 0 radical (unpaired) electrons. The van der Waals surface area contributed by atoms with Gasteiger partial charge in [-0.15, -0.1) is 0 Å². The normalized spacial score (nSPS) is 11.1. The lowest BCUT2D eigenvalue weighted by atomic mass is 10.1. The van der Waals surface area contributed by atoms with Crippen LogP contribution < -0.4 is 5.32 Å². The lowest BCUT2D eigenvalue weighted by Gasteiger charge is -2.08. The van der Waals surface area contributed by atoms with E-state index in [1.165, 1.54) is 28.6 Å². The van der Waals surface area contributed by atoms with Gasteiger partial charge in [-0.1, -0.05) is 31.2 Å². The lowest BCUT2D eigenvalue weighted by Crippen LogP contribution is -2.11. The van der Waals surface area contributed by atoms with Gasteiger partial charge >= 0.3 is 0 Å². The van der Waals surface area contributed by atoms with Crippen molar-refractivity contribution >= 4 is 10.9 Å². The minimum atomic E-state index is -0.191. The average Bonchev–Trinajstić information content (AvgIpc) is 2.90. The van der Waals surface area contributed by atoms with Crippen LogP contribution in [0.15, 0.2) is 54.7 Å². The van der Waals surface area contributed by atoms with E-state index in [0.29, 0.717) is 0 Å². The summed E-state index contributed by atoms with van der Waals surface area (Å²) in [6, 6.07) is 15.4. The maximum atomic E-state index is 13.0. The minimum Gasteiger partial charge on any atom is -0.343 e. The van der Waals surface area contributed by atoms with E-state index in [4.69, 9.17) is 0 Å². The number of fused-ring (bicyclic) bond motifs is 1. The summed E-state index contributed by atoms with van der Waals surface area (Å²) in [7, 11) is 0. The highest BCUT2D eigenvalue weighted by molar-refractivity contribution is 5.81. The van der Waals surface area contributed by atoms with Crippen molar-refractivity contribution in [2.75, 3.05) is 6.54 Å². The van der Waals surface area contributed by atoms with Crippen LogP contribution >= 0.6 is 0 Å². The fourth-order valence-electron chi connectivity index (χ4n) is 2.53. The van der Waals surface area contributed by atoms with Gasteiger partial charge in [0.2, 0.25) is 0 Å². The van der Waals surface area contributed by atoms with Gasteiger partial charge in [-0.05, 0) is 47.3 Å². The van der Waals surface area contributed by atoms with Crippen LogP contribution in [0.5, 0.6) is 0 Å². The molecule has 0 atom stereocenters. The zero-order chi connectivity index (χ0) is 14.7. The summed E-state index contributed by atoms with van der Waals surface area (Å²) >= 11 is 0. The molecule has 1 N–H and O–H groups in total. The molecule has 0 aliphatic rings. The van der Waals surface area contributed by atoms with E-state index in [1.54, 1.807) is 0 Å². The van der Waals surface area contributed by atoms with Crippen LogP contribution in [0.2, 0.25) is 0 Å². The second-order valence-corrected chi connectivity index (χ2v) is 5.24. The number of aromatic nitrogens is 1. The third-order valence-electron chi connectivity index (χ3n) is 3.68. The molecule has 2 aromatic carbocycles. The first kappa shape index (κ1) is 13.8. The molecule has 21 heavy (non-hydrogen) atoms. The minimum absolute atomic E-state index is 0.191. The molecule has 0 saturated carbocycles. The van der Waals surface area contributed by atoms with Gasteiger partial charge in [-0.25, -0.2) is 4.39 Å². The Morgan fingerprint density at radius 2 is 1.76 bits per heavy atom. The van der Waals surface area contributed by atoms with E-state index in [0.717, 1.165) is 25.2 Å². The number of hydrogen-bond acceptors (Lipinski definition) is 1. The molecule has 2 nitrogen and oxygen atoms in total. The molecule has 0 aliphatic heterocycles. The van der Waals surface area contributed by atoms with Crippen LogP contribution in [-0.2, 0) is 13.1 Å². The average molecular weight is 282 g/mol. The molecule has 1 aromatic heterocycles. The molecule has 108 valence electrons. The number of nitrogens with one attached hydrogen (secondary N) is 1. The standard InChI is InChI=1S/C18H19FN2/c1-2-20-12-15-3-6-16-9-10-21(18(16)11-15)13-14-4-7-17(19)8-5-14/h3-11,20H,2,12-13H2,1H3. The molecular formula is C18H19FN2. The quantitative estimate of drug-likeness (QED) is 0.750. The van der Waals surface area contributed by atoms with Crippen LogP contribution in [0.4, 0.5) is 4.39 Å². The largest absolute Gasteiger partial charge is 0.343 e. The van der Waals surface area contributed by atoms with E-state index in [1.807, 2.05) is 12.1 Å². The highest BCUT2D eigenvalue weighted by Crippen LogP contribution is 2.19. The Kier molecular flexibility index (Phi) is 4.02. The highest BCUT2D eigenvalue weighted by Gasteiger charge is 2.03. The molecular weight excluding hydrogens is 263 g/mol. The number of benzene rings is 2.